The van der Waals surface area contributed by atoms with Crippen molar-refractivity contribution >= 4 is 17.3 Å². The Labute approximate surface area is 224 Å². The molecular formula is C24H24ClF3N8O3. The number of rotatable bonds is 7. The lowest BCUT2D eigenvalue weighted by Crippen LogP contribution is -2.37. The highest BCUT2D eigenvalue weighted by molar-refractivity contribution is 6.30. The number of alkyl halides is 3. The van der Waals surface area contributed by atoms with Gasteiger partial charge in [0.05, 0.1) is 24.0 Å². The summed E-state index contributed by atoms with van der Waals surface area (Å²) in [7, 11) is 0. The Hall–Kier alpha value is -3.75. The third-order valence-electron chi connectivity index (χ3n) is 6.41. The van der Waals surface area contributed by atoms with E-state index < -0.39 is 30.1 Å². The van der Waals surface area contributed by atoms with Crippen molar-refractivity contribution in [1.29, 1.82) is 0 Å². The third-order valence-corrected chi connectivity index (χ3v) is 6.66. The lowest BCUT2D eigenvalue weighted by Gasteiger charge is -2.22. The van der Waals surface area contributed by atoms with Crippen LogP contribution < -0.4 is 10.6 Å². The Morgan fingerprint density at radius 3 is 2.56 bits per heavy atom. The predicted molar refractivity (Wildman–Crippen MR) is 135 cm³/mol. The summed E-state index contributed by atoms with van der Waals surface area (Å²) in [6, 6.07) is 7.85. The molecule has 1 aliphatic heterocycles. The molecule has 1 fully saturated rings. The molecule has 5 rings (SSSR count). The van der Waals surface area contributed by atoms with E-state index in [1.807, 2.05) is 4.90 Å². The normalized spacial score (nSPS) is 18.6. The van der Waals surface area contributed by atoms with Gasteiger partial charge in [-0.25, -0.2) is 19.1 Å². The summed E-state index contributed by atoms with van der Waals surface area (Å²) in [5.41, 5.74) is 0.0228. The van der Waals surface area contributed by atoms with Crippen molar-refractivity contribution < 1.29 is 23.4 Å². The Morgan fingerprint density at radius 1 is 1.15 bits per heavy atom. The molecule has 11 nitrogen and oxygen atoms in total. The van der Waals surface area contributed by atoms with Gasteiger partial charge in [-0.05, 0) is 43.7 Å². The average molecular weight is 565 g/mol. The smallest absolute Gasteiger partial charge is 0.388 e. The Kier molecular flexibility index (Phi) is 6.95. The van der Waals surface area contributed by atoms with E-state index in [-0.39, 0.29) is 18.2 Å². The first-order chi connectivity index (χ1) is 18.4. The van der Waals surface area contributed by atoms with E-state index in [9.17, 15) is 28.2 Å². The number of hydrogen-bond donors (Lipinski definition) is 2. The number of nitrogens with zero attached hydrogens (tertiary/aromatic N) is 8. The molecule has 0 saturated carbocycles. The van der Waals surface area contributed by atoms with Crippen molar-refractivity contribution in [3.63, 3.8) is 0 Å². The zero-order valence-corrected chi connectivity index (χ0v) is 21.4. The number of benzene rings is 1. The Bertz CT molecular complexity index is 1530. The van der Waals surface area contributed by atoms with Gasteiger partial charge in [-0.3, -0.25) is 9.55 Å². The highest BCUT2D eigenvalue weighted by Crippen LogP contribution is 2.30. The van der Waals surface area contributed by atoms with E-state index >= 15 is 0 Å². The summed E-state index contributed by atoms with van der Waals surface area (Å²) >= 11 is 5.92. The van der Waals surface area contributed by atoms with Crippen molar-refractivity contribution in [3.8, 4) is 17.1 Å². The number of aromatic nitrogens is 7. The maximum atomic E-state index is 13.1. The lowest BCUT2D eigenvalue weighted by atomic mass is 10.1. The van der Waals surface area contributed by atoms with Gasteiger partial charge in [-0.1, -0.05) is 11.6 Å². The SMILES string of the molecule is CC1(O)CCN(c2ccncc2-n2cnc(Cn3nc(-c4ccc(Cl)cc4)n(C[C@H](O)C(F)(F)F)c3=O)n2)C1. The summed E-state index contributed by atoms with van der Waals surface area (Å²) in [6.07, 6.45) is -2.44. The molecule has 4 heterocycles. The van der Waals surface area contributed by atoms with Gasteiger partial charge in [0.1, 0.15) is 18.6 Å². The van der Waals surface area contributed by atoms with Gasteiger partial charge in [0.2, 0.25) is 0 Å². The first-order valence-electron chi connectivity index (χ1n) is 11.9. The van der Waals surface area contributed by atoms with E-state index in [4.69, 9.17) is 11.6 Å². The van der Waals surface area contributed by atoms with Crippen LogP contribution in [0.4, 0.5) is 18.9 Å². The molecule has 206 valence electrons. The number of anilines is 1. The van der Waals surface area contributed by atoms with Crippen molar-refractivity contribution in [1.82, 2.24) is 34.1 Å². The minimum Gasteiger partial charge on any atom is -0.388 e. The number of pyridine rings is 1. The molecule has 39 heavy (non-hydrogen) atoms. The molecule has 1 aromatic carbocycles. The minimum absolute atomic E-state index is 0.0740. The summed E-state index contributed by atoms with van der Waals surface area (Å²) in [5.74, 6) is 0.0963. The fraction of sp³-hybridized carbons (Fsp3) is 0.375. The zero-order valence-electron chi connectivity index (χ0n) is 20.6. The fourth-order valence-corrected chi connectivity index (χ4v) is 4.52. The van der Waals surface area contributed by atoms with E-state index in [1.54, 1.807) is 25.4 Å². The second-order valence-corrected chi connectivity index (χ2v) is 10.0. The van der Waals surface area contributed by atoms with Crippen molar-refractivity contribution in [2.75, 3.05) is 18.0 Å². The highest BCUT2D eigenvalue weighted by atomic mass is 35.5. The van der Waals surface area contributed by atoms with Crippen LogP contribution in [0.3, 0.4) is 0 Å². The maximum Gasteiger partial charge on any atom is 0.416 e. The predicted octanol–water partition coefficient (Wildman–Crippen LogP) is 2.27. The Balaban J connectivity index is 1.46. The van der Waals surface area contributed by atoms with Crippen LogP contribution in [0.15, 0.2) is 53.8 Å². The van der Waals surface area contributed by atoms with Crippen LogP contribution in [0, 0.1) is 0 Å². The molecule has 15 heteroatoms. The molecule has 4 aromatic rings. The minimum atomic E-state index is -4.93. The first kappa shape index (κ1) is 26.8. The van der Waals surface area contributed by atoms with Gasteiger partial charge in [0.15, 0.2) is 17.8 Å². The van der Waals surface area contributed by atoms with Gasteiger partial charge in [0, 0.05) is 29.9 Å². The number of aliphatic hydroxyl groups is 2. The summed E-state index contributed by atoms with van der Waals surface area (Å²) in [5, 5.41) is 29.1. The summed E-state index contributed by atoms with van der Waals surface area (Å²) in [4.78, 5) is 23.5. The summed E-state index contributed by atoms with van der Waals surface area (Å²) in [6.45, 7) is 1.55. The van der Waals surface area contributed by atoms with Gasteiger partial charge in [-0.2, -0.15) is 13.2 Å². The second-order valence-electron chi connectivity index (χ2n) is 9.58. The van der Waals surface area contributed by atoms with E-state index in [2.05, 4.69) is 20.2 Å². The second kappa shape index (κ2) is 10.1. The standard InChI is InChI=1S/C24H24ClF3N8O3/c1-23(39)7-9-33(13-23)17-6-8-29-10-18(17)36-14-30-20(31-36)12-35-22(38)34(11-19(37)24(26,27)28)21(32-35)15-2-4-16(25)5-3-15/h2-6,8,10,14,19,37,39H,7,9,11-13H2,1H3/t19-,23?/m0/s1. The largest absolute Gasteiger partial charge is 0.416 e. The number of halogens is 4. The van der Waals surface area contributed by atoms with Crippen LogP contribution in [-0.4, -0.2) is 75.3 Å². The number of aliphatic hydroxyl groups excluding tert-OH is 1. The third kappa shape index (κ3) is 5.67. The van der Waals surface area contributed by atoms with Gasteiger partial charge >= 0.3 is 11.9 Å². The van der Waals surface area contributed by atoms with Gasteiger partial charge in [0.25, 0.3) is 0 Å². The topological polar surface area (TPSA) is 127 Å². The van der Waals surface area contributed by atoms with Crippen LogP contribution in [0.25, 0.3) is 17.1 Å². The fourth-order valence-electron chi connectivity index (χ4n) is 4.39. The van der Waals surface area contributed by atoms with Crippen LogP contribution in [0.1, 0.15) is 19.2 Å². The van der Waals surface area contributed by atoms with Gasteiger partial charge < -0.3 is 15.1 Å². The van der Waals surface area contributed by atoms with Crippen LogP contribution in [-0.2, 0) is 13.1 Å². The quantitative estimate of drug-likeness (QED) is 0.350. The molecule has 0 radical (unpaired) electrons. The highest BCUT2D eigenvalue weighted by Gasteiger charge is 2.39. The zero-order chi connectivity index (χ0) is 27.9. The molecule has 1 unspecified atom stereocenters. The van der Waals surface area contributed by atoms with Crippen molar-refractivity contribution in [2.45, 2.75) is 44.3 Å². The van der Waals surface area contributed by atoms with Crippen LogP contribution in [0.2, 0.25) is 5.02 Å². The molecule has 2 N–H and O–H groups in total. The van der Waals surface area contributed by atoms with Gasteiger partial charge in [-0.15, -0.1) is 10.2 Å². The number of β-amino-alcohol motifs (C(OH)–C–C–N with tert-alkyl or cyclic N) is 1. The monoisotopic (exact) mass is 564 g/mol. The average Bonchev–Trinajstić information content (AvgIpc) is 3.58. The molecule has 1 aliphatic rings. The van der Waals surface area contributed by atoms with E-state index in [1.165, 1.54) is 35.3 Å². The summed E-state index contributed by atoms with van der Waals surface area (Å²) < 4.78 is 42.5. The molecule has 0 bridgehead atoms. The van der Waals surface area contributed by atoms with Crippen LogP contribution in [0.5, 0.6) is 0 Å². The molecule has 3 aromatic heterocycles. The molecule has 1 saturated heterocycles. The first-order valence-corrected chi connectivity index (χ1v) is 12.3. The lowest BCUT2D eigenvalue weighted by molar-refractivity contribution is -0.207. The van der Waals surface area contributed by atoms with E-state index in [0.29, 0.717) is 35.8 Å². The molecule has 2 atom stereocenters. The van der Waals surface area contributed by atoms with Crippen molar-refractivity contribution in [2.24, 2.45) is 0 Å². The number of hydrogen-bond acceptors (Lipinski definition) is 8. The van der Waals surface area contributed by atoms with Crippen LogP contribution >= 0.6 is 11.6 Å². The van der Waals surface area contributed by atoms with E-state index in [0.717, 1.165) is 14.9 Å². The Morgan fingerprint density at radius 2 is 1.90 bits per heavy atom. The molecule has 0 amide bonds. The van der Waals surface area contributed by atoms with Crippen molar-refractivity contribution in [3.05, 3.63) is 70.4 Å². The molecular weight excluding hydrogens is 541 g/mol. The maximum absolute atomic E-state index is 13.1. The molecule has 0 aliphatic carbocycles. The molecule has 0 spiro atoms.